The molecule has 4 nitrogen and oxygen atoms in total. The smallest absolute Gasteiger partial charge is 0.175 e. The van der Waals surface area contributed by atoms with Crippen molar-refractivity contribution in [1.29, 1.82) is 0 Å². The zero-order valence-electron chi connectivity index (χ0n) is 10.7. The fraction of sp³-hybridized carbons (Fsp3) is 0.143. The maximum Gasteiger partial charge on any atom is 0.175 e. The largest absolute Gasteiger partial charge is 0.457 e. The molecule has 0 amide bonds. The Morgan fingerprint density at radius 3 is 2.45 bits per heavy atom. The van der Waals surface area contributed by atoms with Crippen LogP contribution < -0.4 is 4.74 Å². The lowest BCUT2D eigenvalue weighted by atomic mass is 10.2. The molecule has 0 heterocycles. The second-order valence-corrected chi connectivity index (χ2v) is 6.68. The molecule has 2 aromatic rings. The van der Waals surface area contributed by atoms with E-state index in [0.29, 0.717) is 22.1 Å². The van der Waals surface area contributed by atoms with Gasteiger partial charge in [-0.05, 0) is 35.9 Å². The number of ether oxygens (including phenoxy) is 1. The van der Waals surface area contributed by atoms with E-state index in [1.807, 2.05) is 0 Å². The first-order valence-electron chi connectivity index (χ1n) is 5.77. The van der Waals surface area contributed by atoms with Crippen molar-refractivity contribution in [2.45, 2.75) is 11.5 Å². The number of hydrogen-bond donors (Lipinski definition) is 1. The molecule has 1 N–H and O–H groups in total. The Balaban J connectivity index is 2.29. The first kappa shape index (κ1) is 14.8. The molecule has 0 saturated heterocycles. The van der Waals surface area contributed by atoms with Crippen molar-refractivity contribution >= 4 is 21.4 Å². The van der Waals surface area contributed by atoms with Gasteiger partial charge in [0, 0.05) is 11.3 Å². The number of hydrogen-bond acceptors (Lipinski definition) is 4. The minimum atomic E-state index is -3.28. The molecule has 0 aliphatic carbocycles. The number of rotatable bonds is 4. The lowest BCUT2D eigenvalue weighted by molar-refractivity contribution is 0.282. The minimum absolute atomic E-state index is 0.150. The van der Waals surface area contributed by atoms with Crippen molar-refractivity contribution in [3.8, 4) is 11.5 Å². The summed E-state index contributed by atoms with van der Waals surface area (Å²) in [6.45, 7) is -0.150. The molecule has 0 fully saturated rings. The van der Waals surface area contributed by atoms with Crippen LogP contribution in [-0.2, 0) is 16.4 Å². The number of aliphatic hydroxyl groups is 1. The summed E-state index contributed by atoms with van der Waals surface area (Å²) in [6, 6.07) is 11.1. The molecule has 2 aromatic carbocycles. The SMILES string of the molecule is CS(=O)(=O)c1cccc(Oc2ccc(CO)c(Cl)c2)c1. The summed E-state index contributed by atoms with van der Waals surface area (Å²) in [4.78, 5) is 0.188. The predicted molar refractivity (Wildman–Crippen MR) is 77.0 cm³/mol. The van der Waals surface area contributed by atoms with Crippen molar-refractivity contribution < 1.29 is 18.3 Å². The van der Waals surface area contributed by atoms with Gasteiger partial charge in [0.2, 0.25) is 0 Å². The zero-order chi connectivity index (χ0) is 14.8. The van der Waals surface area contributed by atoms with Crippen molar-refractivity contribution in [3.63, 3.8) is 0 Å². The maximum atomic E-state index is 11.5. The first-order chi connectivity index (χ1) is 9.40. The van der Waals surface area contributed by atoms with Crippen LogP contribution in [0.5, 0.6) is 11.5 Å². The average molecular weight is 313 g/mol. The number of halogens is 1. The third kappa shape index (κ3) is 3.50. The third-order valence-electron chi connectivity index (χ3n) is 2.66. The van der Waals surface area contributed by atoms with E-state index in [0.717, 1.165) is 6.26 Å². The maximum absolute atomic E-state index is 11.5. The minimum Gasteiger partial charge on any atom is -0.457 e. The molecule has 0 saturated carbocycles. The van der Waals surface area contributed by atoms with Gasteiger partial charge in [-0.2, -0.15) is 0 Å². The number of sulfone groups is 1. The van der Waals surface area contributed by atoms with Crippen molar-refractivity contribution in [3.05, 3.63) is 53.1 Å². The Morgan fingerprint density at radius 1 is 1.15 bits per heavy atom. The van der Waals surface area contributed by atoms with Crippen LogP contribution in [0.15, 0.2) is 47.4 Å². The van der Waals surface area contributed by atoms with E-state index in [-0.39, 0.29) is 11.5 Å². The Bertz CT molecular complexity index is 726. The van der Waals surface area contributed by atoms with E-state index in [4.69, 9.17) is 21.4 Å². The topological polar surface area (TPSA) is 63.6 Å². The molecule has 0 radical (unpaired) electrons. The highest BCUT2D eigenvalue weighted by Crippen LogP contribution is 2.28. The standard InChI is InChI=1S/C14H13ClO4S/c1-20(17,18)13-4-2-3-11(7-13)19-12-6-5-10(9-16)14(15)8-12/h2-8,16H,9H2,1H3. The molecule has 0 spiro atoms. The fourth-order valence-corrected chi connectivity index (χ4v) is 2.51. The van der Waals surface area contributed by atoms with Gasteiger partial charge in [0.1, 0.15) is 11.5 Å². The normalized spacial score (nSPS) is 11.3. The molecule has 0 aromatic heterocycles. The van der Waals surface area contributed by atoms with Gasteiger partial charge in [-0.25, -0.2) is 8.42 Å². The summed E-state index contributed by atoms with van der Waals surface area (Å²) in [6.07, 6.45) is 1.14. The summed E-state index contributed by atoms with van der Waals surface area (Å²) >= 11 is 5.96. The summed E-state index contributed by atoms with van der Waals surface area (Å²) in [5, 5.41) is 9.43. The highest BCUT2D eigenvalue weighted by atomic mass is 35.5. The molecule has 6 heteroatoms. The molecule has 2 rings (SSSR count). The van der Waals surface area contributed by atoms with Gasteiger partial charge >= 0.3 is 0 Å². The fourth-order valence-electron chi connectivity index (χ4n) is 1.62. The molecular formula is C14H13ClO4S. The second-order valence-electron chi connectivity index (χ2n) is 4.26. The second kappa shape index (κ2) is 5.83. The van der Waals surface area contributed by atoms with Gasteiger partial charge < -0.3 is 9.84 Å². The van der Waals surface area contributed by atoms with Crippen LogP contribution in [-0.4, -0.2) is 19.8 Å². The number of benzene rings is 2. The first-order valence-corrected chi connectivity index (χ1v) is 8.04. The molecule has 0 aliphatic heterocycles. The van der Waals surface area contributed by atoms with Gasteiger partial charge in [-0.1, -0.05) is 23.7 Å². The molecule has 0 atom stereocenters. The van der Waals surface area contributed by atoms with Crippen molar-refractivity contribution in [1.82, 2.24) is 0 Å². The Hall–Kier alpha value is -1.56. The lowest BCUT2D eigenvalue weighted by Gasteiger charge is -2.08. The molecular weight excluding hydrogens is 300 g/mol. The van der Waals surface area contributed by atoms with Crippen LogP contribution in [0.1, 0.15) is 5.56 Å². The summed E-state index contributed by atoms with van der Waals surface area (Å²) < 4.78 is 28.5. The highest BCUT2D eigenvalue weighted by molar-refractivity contribution is 7.90. The van der Waals surface area contributed by atoms with E-state index in [2.05, 4.69) is 0 Å². The molecule has 0 bridgehead atoms. The quantitative estimate of drug-likeness (QED) is 0.942. The predicted octanol–water partition coefficient (Wildman–Crippen LogP) is 3.03. The summed E-state index contributed by atoms with van der Waals surface area (Å²) in [5.74, 6) is 0.874. The van der Waals surface area contributed by atoms with Gasteiger partial charge in [0.15, 0.2) is 9.84 Å². The van der Waals surface area contributed by atoms with Crippen LogP contribution >= 0.6 is 11.6 Å². The van der Waals surface area contributed by atoms with E-state index >= 15 is 0 Å². The van der Waals surface area contributed by atoms with Crippen molar-refractivity contribution in [2.75, 3.05) is 6.26 Å². The highest BCUT2D eigenvalue weighted by Gasteiger charge is 2.09. The Morgan fingerprint density at radius 2 is 1.85 bits per heavy atom. The van der Waals surface area contributed by atoms with Crippen LogP contribution in [0.25, 0.3) is 0 Å². The summed E-state index contributed by atoms with van der Waals surface area (Å²) in [7, 11) is -3.28. The van der Waals surface area contributed by atoms with E-state index in [9.17, 15) is 8.42 Å². The molecule has 106 valence electrons. The Kier molecular flexibility index (Phi) is 4.32. The van der Waals surface area contributed by atoms with Crippen LogP contribution in [0.4, 0.5) is 0 Å². The molecule has 20 heavy (non-hydrogen) atoms. The third-order valence-corrected chi connectivity index (χ3v) is 4.13. The van der Waals surface area contributed by atoms with Gasteiger partial charge in [0.05, 0.1) is 11.5 Å². The van der Waals surface area contributed by atoms with Gasteiger partial charge in [-0.3, -0.25) is 0 Å². The number of aliphatic hydroxyl groups excluding tert-OH is 1. The molecule has 0 unspecified atom stereocenters. The van der Waals surface area contributed by atoms with Crippen molar-refractivity contribution in [2.24, 2.45) is 0 Å². The summed E-state index contributed by atoms with van der Waals surface area (Å²) in [5.41, 5.74) is 0.601. The van der Waals surface area contributed by atoms with E-state index < -0.39 is 9.84 Å². The zero-order valence-corrected chi connectivity index (χ0v) is 12.3. The van der Waals surface area contributed by atoms with E-state index in [1.54, 1.807) is 30.3 Å². The van der Waals surface area contributed by atoms with Gasteiger partial charge in [0.25, 0.3) is 0 Å². The van der Waals surface area contributed by atoms with Crippen LogP contribution in [0, 0.1) is 0 Å². The van der Waals surface area contributed by atoms with Gasteiger partial charge in [-0.15, -0.1) is 0 Å². The average Bonchev–Trinajstić information content (AvgIpc) is 2.38. The molecule has 0 aliphatic rings. The van der Waals surface area contributed by atoms with Crippen LogP contribution in [0.3, 0.4) is 0 Å². The van der Waals surface area contributed by atoms with E-state index in [1.165, 1.54) is 12.1 Å². The van der Waals surface area contributed by atoms with Crippen LogP contribution in [0.2, 0.25) is 5.02 Å². The Labute approximate surface area is 122 Å². The lowest BCUT2D eigenvalue weighted by Crippen LogP contribution is -1.97. The monoisotopic (exact) mass is 312 g/mol.